The van der Waals surface area contributed by atoms with E-state index in [4.69, 9.17) is 5.11 Å². The molecule has 0 aliphatic rings. The molecule has 120 valence electrons. The molecule has 0 aliphatic heterocycles. The third-order valence-electron chi connectivity index (χ3n) is 3.29. The molecular weight excluding hydrogens is 298 g/mol. The lowest BCUT2D eigenvalue weighted by atomic mass is 10.2. The Kier molecular flexibility index (Phi) is 5.24. The van der Waals surface area contributed by atoms with Gasteiger partial charge in [0.15, 0.2) is 0 Å². The second-order valence-electron chi connectivity index (χ2n) is 4.97. The number of amides is 1. The first kappa shape index (κ1) is 16.4. The zero-order valence-corrected chi connectivity index (χ0v) is 12.6. The van der Waals surface area contributed by atoms with Gasteiger partial charge in [-0.25, -0.2) is 9.48 Å². The minimum Gasteiger partial charge on any atom is -0.480 e. The topological polar surface area (TPSA) is 101 Å². The van der Waals surface area contributed by atoms with Crippen LogP contribution >= 0.6 is 0 Å². The number of nitrogens with zero attached hydrogens (tertiary/aromatic N) is 2. The molecule has 1 aromatic carbocycles. The van der Waals surface area contributed by atoms with E-state index in [-0.39, 0.29) is 24.2 Å². The van der Waals surface area contributed by atoms with Crippen molar-refractivity contribution in [2.75, 3.05) is 0 Å². The van der Waals surface area contributed by atoms with Crippen LogP contribution < -0.4 is 10.9 Å². The molecule has 1 unspecified atom stereocenters. The highest BCUT2D eigenvalue weighted by Gasteiger charge is 2.19. The molecule has 0 saturated carbocycles. The Balaban J connectivity index is 2.21. The van der Waals surface area contributed by atoms with Crippen molar-refractivity contribution in [3.8, 4) is 0 Å². The maximum atomic E-state index is 12.1. The van der Waals surface area contributed by atoms with Crippen LogP contribution in [0.4, 0.5) is 0 Å². The molecule has 0 aliphatic carbocycles. The van der Waals surface area contributed by atoms with Crippen LogP contribution in [-0.2, 0) is 11.3 Å². The summed E-state index contributed by atoms with van der Waals surface area (Å²) >= 11 is 0. The standard InChI is InChI=1S/C16H17N3O4/c1-2-12(16(22)23)17-15(21)13-8-9-14(20)19(18-13)10-11-6-4-3-5-7-11/h3-9,12H,2,10H2,1H3,(H,17,21)(H,22,23). The molecule has 1 atom stereocenters. The van der Waals surface area contributed by atoms with Gasteiger partial charge >= 0.3 is 5.97 Å². The van der Waals surface area contributed by atoms with Crippen LogP contribution in [0.3, 0.4) is 0 Å². The fourth-order valence-electron chi connectivity index (χ4n) is 2.01. The summed E-state index contributed by atoms with van der Waals surface area (Å²) in [5.74, 6) is -1.74. The van der Waals surface area contributed by atoms with Gasteiger partial charge in [-0.2, -0.15) is 5.10 Å². The molecule has 7 heteroatoms. The summed E-state index contributed by atoms with van der Waals surface area (Å²) < 4.78 is 1.17. The lowest BCUT2D eigenvalue weighted by molar-refractivity contribution is -0.139. The number of carbonyl (C=O) groups excluding carboxylic acids is 1. The van der Waals surface area contributed by atoms with Crippen LogP contribution in [0.1, 0.15) is 29.4 Å². The Labute approximate surface area is 132 Å². The Morgan fingerprint density at radius 2 is 1.91 bits per heavy atom. The van der Waals surface area contributed by atoms with E-state index >= 15 is 0 Å². The van der Waals surface area contributed by atoms with Crippen LogP contribution in [0.5, 0.6) is 0 Å². The van der Waals surface area contributed by atoms with Gasteiger partial charge in [-0.15, -0.1) is 0 Å². The molecule has 0 radical (unpaired) electrons. The number of hydrogen-bond donors (Lipinski definition) is 2. The van der Waals surface area contributed by atoms with E-state index < -0.39 is 17.9 Å². The summed E-state index contributed by atoms with van der Waals surface area (Å²) in [6.45, 7) is 1.89. The Bertz CT molecular complexity index is 755. The maximum absolute atomic E-state index is 12.1. The van der Waals surface area contributed by atoms with Gasteiger partial charge < -0.3 is 10.4 Å². The molecule has 0 fully saturated rings. The number of benzene rings is 1. The summed E-state index contributed by atoms with van der Waals surface area (Å²) in [6, 6.07) is 10.8. The van der Waals surface area contributed by atoms with Crippen LogP contribution in [0.2, 0.25) is 0 Å². The highest BCUT2D eigenvalue weighted by atomic mass is 16.4. The highest BCUT2D eigenvalue weighted by molar-refractivity contribution is 5.94. The Morgan fingerprint density at radius 1 is 1.22 bits per heavy atom. The van der Waals surface area contributed by atoms with Crippen molar-refractivity contribution in [1.82, 2.24) is 15.1 Å². The van der Waals surface area contributed by atoms with Gasteiger partial charge in [-0.1, -0.05) is 37.3 Å². The van der Waals surface area contributed by atoms with Gasteiger partial charge in [0.2, 0.25) is 0 Å². The summed E-state index contributed by atoms with van der Waals surface area (Å²) in [5, 5.41) is 15.4. The van der Waals surface area contributed by atoms with Gasteiger partial charge in [-0.05, 0) is 18.1 Å². The van der Waals surface area contributed by atoms with Crippen LogP contribution in [0.15, 0.2) is 47.3 Å². The van der Waals surface area contributed by atoms with Crippen molar-refractivity contribution in [3.05, 3.63) is 64.1 Å². The van der Waals surface area contributed by atoms with E-state index in [1.54, 1.807) is 6.92 Å². The summed E-state index contributed by atoms with van der Waals surface area (Å²) in [6.07, 6.45) is 0.255. The monoisotopic (exact) mass is 315 g/mol. The largest absolute Gasteiger partial charge is 0.480 e. The second kappa shape index (κ2) is 7.35. The number of hydrogen-bond acceptors (Lipinski definition) is 4. The number of carboxylic acid groups (broad SMARTS) is 1. The van der Waals surface area contributed by atoms with E-state index in [0.717, 1.165) is 5.56 Å². The summed E-state index contributed by atoms with van der Waals surface area (Å²) in [7, 11) is 0. The van der Waals surface area contributed by atoms with Crippen molar-refractivity contribution < 1.29 is 14.7 Å². The molecule has 0 bridgehead atoms. The summed E-state index contributed by atoms with van der Waals surface area (Å²) in [4.78, 5) is 34.9. The van der Waals surface area contributed by atoms with Crippen LogP contribution in [-0.4, -0.2) is 32.8 Å². The zero-order chi connectivity index (χ0) is 16.8. The molecule has 2 rings (SSSR count). The fraction of sp³-hybridized carbons (Fsp3) is 0.250. The third kappa shape index (κ3) is 4.26. The number of nitrogens with one attached hydrogen (secondary N) is 1. The van der Waals surface area contributed by atoms with Gasteiger partial charge in [-0.3, -0.25) is 9.59 Å². The lowest BCUT2D eigenvalue weighted by Crippen LogP contribution is -2.41. The first-order chi connectivity index (χ1) is 11.0. The summed E-state index contributed by atoms with van der Waals surface area (Å²) in [5.41, 5.74) is 0.535. The minimum atomic E-state index is -1.11. The highest BCUT2D eigenvalue weighted by Crippen LogP contribution is 2.01. The van der Waals surface area contributed by atoms with Crippen molar-refractivity contribution in [3.63, 3.8) is 0 Å². The molecule has 0 spiro atoms. The molecule has 7 nitrogen and oxygen atoms in total. The molecule has 1 aromatic heterocycles. The average Bonchev–Trinajstić information content (AvgIpc) is 2.55. The normalized spacial score (nSPS) is 11.7. The van der Waals surface area contributed by atoms with E-state index in [9.17, 15) is 14.4 Å². The number of carboxylic acids is 1. The molecule has 23 heavy (non-hydrogen) atoms. The molecule has 2 aromatic rings. The SMILES string of the molecule is CCC(NC(=O)c1ccc(=O)n(Cc2ccccc2)n1)C(=O)O. The van der Waals surface area contributed by atoms with E-state index in [1.165, 1.54) is 16.8 Å². The Morgan fingerprint density at radius 3 is 2.52 bits per heavy atom. The number of aromatic nitrogens is 2. The van der Waals surface area contributed by atoms with Crippen molar-refractivity contribution in [1.29, 1.82) is 0 Å². The molecular formula is C16H17N3O4. The van der Waals surface area contributed by atoms with Gasteiger partial charge in [0.25, 0.3) is 11.5 Å². The van der Waals surface area contributed by atoms with E-state index in [1.807, 2.05) is 30.3 Å². The second-order valence-corrected chi connectivity index (χ2v) is 4.97. The predicted molar refractivity (Wildman–Crippen MR) is 83.2 cm³/mol. The minimum absolute atomic E-state index is 0.000214. The first-order valence-corrected chi connectivity index (χ1v) is 7.17. The molecule has 2 N–H and O–H groups in total. The smallest absolute Gasteiger partial charge is 0.326 e. The molecule has 0 saturated heterocycles. The Hall–Kier alpha value is -2.96. The van der Waals surface area contributed by atoms with Crippen LogP contribution in [0, 0.1) is 0 Å². The molecule has 1 amide bonds. The van der Waals surface area contributed by atoms with Gasteiger partial charge in [0, 0.05) is 6.07 Å². The van der Waals surface area contributed by atoms with Crippen LogP contribution in [0.25, 0.3) is 0 Å². The first-order valence-electron chi connectivity index (χ1n) is 7.17. The predicted octanol–water partition coefficient (Wildman–Crippen LogP) is 0.885. The van der Waals surface area contributed by atoms with E-state index in [0.29, 0.717) is 0 Å². The van der Waals surface area contributed by atoms with Crippen molar-refractivity contribution in [2.45, 2.75) is 25.9 Å². The third-order valence-corrected chi connectivity index (χ3v) is 3.29. The lowest BCUT2D eigenvalue weighted by Gasteiger charge is -2.12. The number of aliphatic carboxylic acids is 1. The zero-order valence-electron chi connectivity index (χ0n) is 12.6. The maximum Gasteiger partial charge on any atom is 0.326 e. The van der Waals surface area contributed by atoms with Gasteiger partial charge in [0.1, 0.15) is 11.7 Å². The number of carbonyl (C=O) groups is 2. The van der Waals surface area contributed by atoms with Crippen molar-refractivity contribution in [2.24, 2.45) is 0 Å². The average molecular weight is 315 g/mol. The van der Waals surface area contributed by atoms with E-state index in [2.05, 4.69) is 10.4 Å². The fourth-order valence-corrected chi connectivity index (χ4v) is 2.01. The molecule has 1 heterocycles. The van der Waals surface area contributed by atoms with Crippen molar-refractivity contribution >= 4 is 11.9 Å². The number of rotatable bonds is 6. The quantitative estimate of drug-likeness (QED) is 0.824. The van der Waals surface area contributed by atoms with Gasteiger partial charge in [0.05, 0.1) is 6.54 Å².